The molecule has 0 spiro atoms. The standard InChI is InChI=1S/C30H41N5O7/c1-33(2)19-12-15(13-32-16-6-8-35(5)9-7-16)24(36)21-17(19)10-14-11-18-23(34(3)4)26(38)22(29(31)41)28(40)30(18,42)27(39)20(14)25(21)37/h12,14,16,18,23,32,36-37,40,42H,6-11,13H2,1-5H3,(H2,31,41)/t14-,18-,23?,30-/m0/s1. The van der Waals surface area contributed by atoms with Crippen molar-refractivity contribution in [3.8, 4) is 5.75 Å². The van der Waals surface area contributed by atoms with Gasteiger partial charge in [0.2, 0.25) is 5.78 Å². The van der Waals surface area contributed by atoms with Crippen LogP contribution in [0, 0.1) is 11.8 Å². The summed E-state index contributed by atoms with van der Waals surface area (Å²) in [5.74, 6) is -6.49. The van der Waals surface area contributed by atoms with E-state index in [1.54, 1.807) is 14.1 Å². The van der Waals surface area contributed by atoms with Gasteiger partial charge in [0.05, 0.1) is 11.6 Å². The first-order chi connectivity index (χ1) is 19.7. The number of hydrogen-bond acceptors (Lipinski definition) is 11. The molecular weight excluding hydrogens is 542 g/mol. The summed E-state index contributed by atoms with van der Waals surface area (Å²) in [6.45, 7) is 2.28. The molecule has 228 valence electrons. The third-order valence-electron chi connectivity index (χ3n) is 9.56. The Morgan fingerprint density at radius 1 is 1.14 bits per heavy atom. The smallest absolute Gasteiger partial charge is 0.255 e. The van der Waals surface area contributed by atoms with Crippen molar-refractivity contribution in [2.75, 3.05) is 53.2 Å². The third kappa shape index (κ3) is 4.48. The molecule has 1 saturated heterocycles. The van der Waals surface area contributed by atoms with Crippen LogP contribution in [0.15, 0.2) is 23.0 Å². The quantitative estimate of drug-likeness (QED) is 0.252. The van der Waals surface area contributed by atoms with Crippen molar-refractivity contribution < 1.29 is 34.8 Å². The molecule has 0 aromatic heterocycles. The van der Waals surface area contributed by atoms with E-state index in [1.807, 2.05) is 25.1 Å². The van der Waals surface area contributed by atoms with Crippen LogP contribution in [0.4, 0.5) is 5.69 Å². The molecule has 0 bridgehead atoms. The maximum atomic E-state index is 14.1. The van der Waals surface area contributed by atoms with Crippen molar-refractivity contribution in [3.63, 3.8) is 0 Å². The molecule has 1 amide bonds. The van der Waals surface area contributed by atoms with Crippen molar-refractivity contribution in [2.24, 2.45) is 17.6 Å². The van der Waals surface area contributed by atoms with E-state index in [0.717, 1.165) is 31.6 Å². The molecule has 1 unspecified atom stereocenters. The number of benzene rings is 1. The largest absolute Gasteiger partial charge is 0.508 e. The summed E-state index contributed by atoms with van der Waals surface area (Å²) in [5.41, 5.74) is 3.85. The number of nitrogens with one attached hydrogen (secondary N) is 1. The van der Waals surface area contributed by atoms with Crippen molar-refractivity contribution in [1.82, 2.24) is 15.1 Å². The van der Waals surface area contributed by atoms with Gasteiger partial charge in [0.1, 0.15) is 22.8 Å². The predicted octanol–water partition coefficient (Wildman–Crippen LogP) is 0.214. The molecule has 2 fully saturated rings. The van der Waals surface area contributed by atoms with E-state index in [1.165, 1.54) is 4.90 Å². The number of aromatic hydroxyl groups is 1. The lowest BCUT2D eigenvalue weighted by Gasteiger charge is -2.50. The molecular formula is C30H41N5O7. The molecule has 1 saturated carbocycles. The first-order valence-corrected chi connectivity index (χ1v) is 14.3. The van der Waals surface area contributed by atoms with Crippen LogP contribution in [0.3, 0.4) is 0 Å². The number of aliphatic hydroxyl groups excluding tert-OH is 2. The Bertz CT molecular complexity index is 1410. The molecule has 1 heterocycles. The number of aliphatic hydroxyl groups is 3. The van der Waals surface area contributed by atoms with Gasteiger partial charge in [-0.05, 0) is 77.5 Å². The van der Waals surface area contributed by atoms with Gasteiger partial charge in [-0.15, -0.1) is 0 Å². The van der Waals surface area contributed by atoms with Gasteiger partial charge in [0, 0.05) is 49.4 Å². The SMILES string of the molecule is CN1CCC(NCc2cc(N(C)C)c3c(c2O)C(O)=C2C(=O)[C@]4(O)C(O)=C(C(N)=O)C(=O)C(N(C)C)[C@@H]4C[C@@H]2C3)CC1. The van der Waals surface area contributed by atoms with E-state index in [4.69, 9.17) is 5.73 Å². The van der Waals surface area contributed by atoms with Crippen molar-refractivity contribution in [2.45, 2.75) is 49.9 Å². The number of phenolic OH excluding ortho intramolecular Hbond substituents is 1. The monoisotopic (exact) mass is 583 g/mol. The minimum absolute atomic E-state index is 0.0544. The second-order valence-corrected chi connectivity index (χ2v) is 12.6. The average Bonchev–Trinajstić information content (AvgIpc) is 2.90. The van der Waals surface area contributed by atoms with Crippen LogP contribution >= 0.6 is 0 Å². The number of rotatable bonds is 6. The van der Waals surface area contributed by atoms with Gasteiger partial charge in [-0.2, -0.15) is 0 Å². The average molecular weight is 584 g/mol. The molecule has 4 aliphatic rings. The number of nitrogens with zero attached hydrogens (tertiary/aromatic N) is 3. The van der Waals surface area contributed by atoms with E-state index in [-0.39, 0.29) is 35.8 Å². The highest BCUT2D eigenvalue weighted by molar-refractivity contribution is 6.24. The zero-order chi connectivity index (χ0) is 30.8. The van der Waals surface area contributed by atoms with Crippen LogP contribution in [0.25, 0.3) is 5.76 Å². The second kappa shape index (κ2) is 10.7. The van der Waals surface area contributed by atoms with E-state index in [2.05, 4.69) is 17.3 Å². The number of nitrogens with two attached hydrogens (primary N) is 1. The number of carbonyl (C=O) groups excluding carboxylic acids is 3. The predicted molar refractivity (Wildman–Crippen MR) is 156 cm³/mol. The fourth-order valence-electron chi connectivity index (χ4n) is 7.35. The fourth-order valence-corrected chi connectivity index (χ4v) is 7.35. The molecule has 4 atom stereocenters. The molecule has 0 radical (unpaired) electrons. The zero-order valence-electron chi connectivity index (χ0n) is 24.8. The van der Waals surface area contributed by atoms with Gasteiger partial charge in [-0.25, -0.2) is 0 Å². The minimum atomic E-state index is -2.65. The second-order valence-electron chi connectivity index (χ2n) is 12.6. The van der Waals surface area contributed by atoms with E-state index in [0.29, 0.717) is 17.7 Å². The Labute approximate surface area is 245 Å². The normalized spacial score (nSPS) is 28.6. The highest BCUT2D eigenvalue weighted by Gasteiger charge is 2.64. The molecule has 12 nitrogen and oxygen atoms in total. The number of hydrogen-bond donors (Lipinski definition) is 6. The summed E-state index contributed by atoms with van der Waals surface area (Å²) in [4.78, 5) is 45.2. The maximum Gasteiger partial charge on any atom is 0.255 e. The van der Waals surface area contributed by atoms with Gasteiger partial charge < -0.3 is 41.3 Å². The number of likely N-dealkylation sites (tertiary alicyclic amines) is 1. The van der Waals surface area contributed by atoms with Crippen LogP contribution in [0.1, 0.15) is 36.0 Å². The van der Waals surface area contributed by atoms with Crippen molar-refractivity contribution in [1.29, 1.82) is 0 Å². The van der Waals surface area contributed by atoms with Gasteiger partial charge in [0.15, 0.2) is 11.4 Å². The number of likely N-dealkylation sites (N-methyl/N-ethyl adjacent to an activating group) is 1. The lowest BCUT2D eigenvalue weighted by Crippen LogP contribution is -2.65. The highest BCUT2D eigenvalue weighted by Crippen LogP contribution is 2.54. The summed E-state index contributed by atoms with van der Waals surface area (Å²) < 4.78 is 0. The number of amides is 1. The Hall–Kier alpha value is -3.45. The number of fused-ring (bicyclic) bond motifs is 3. The van der Waals surface area contributed by atoms with Crippen LogP contribution in [0.5, 0.6) is 5.75 Å². The van der Waals surface area contributed by atoms with Crippen LogP contribution in [-0.4, -0.2) is 114 Å². The Kier molecular flexibility index (Phi) is 7.63. The first-order valence-electron chi connectivity index (χ1n) is 14.3. The molecule has 5 rings (SSSR count). The minimum Gasteiger partial charge on any atom is -0.508 e. The Morgan fingerprint density at radius 3 is 2.36 bits per heavy atom. The number of piperidine rings is 1. The molecule has 7 N–H and O–H groups in total. The number of ketones is 2. The van der Waals surface area contributed by atoms with Gasteiger partial charge in [0.25, 0.3) is 5.91 Å². The summed E-state index contributed by atoms with van der Waals surface area (Å²) in [5, 5.41) is 49.5. The number of carbonyl (C=O) groups is 3. The lowest BCUT2D eigenvalue weighted by atomic mass is 9.57. The molecule has 1 aromatic carbocycles. The maximum absolute atomic E-state index is 14.1. The lowest BCUT2D eigenvalue weighted by molar-refractivity contribution is -0.153. The summed E-state index contributed by atoms with van der Waals surface area (Å²) >= 11 is 0. The summed E-state index contributed by atoms with van der Waals surface area (Å²) in [6.07, 6.45) is 2.24. The van der Waals surface area contributed by atoms with Gasteiger partial charge in [-0.1, -0.05) is 0 Å². The summed E-state index contributed by atoms with van der Waals surface area (Å²) in [7, 11) is 8.96. The number of phenols is 1. The zero-order valence-corrected chi connectivity index (χ0v) is 24.8. The molecule has 1 aromatic rings. The molecule has 12 heteroatoms. The summed E-state index contributed by atoms with van der Waals surface area (Å²) in [6, 6.07) is 1.04. The van der Waals surface area contributed by atoms with Crippen LogP contribution in [0.2, 0.25) is 0 Å². The number of Topliss-reactive ketones (excluding diaryl/α,β-unsaturated/α-hetero) is 2. The Balaban J connectivity index is 1.62. The topological polar surface area (TPSA) is 180 Å². The number of primary amides is 1. The Morgan fingerprint density at radius 2 is 1.79 bits per heavy atom. The molecule has 1 aliphatic heterocycles. The fraction of sp³-hybridized carbons (Fsp3) is 0.567. The van der Waals surface area contributed by atoms with E-state index < -0.39 is 58.0 Å². The van der Waals surface area contributed by atoms with E-state index >= 15 is 0 Å². The third-order valence-corrected chi connectivity index (χ3v) is 9.56. The molecule has 42 heavy (non-hydrogen) atoms. The number of anilines is 1. The van der Waals surface area contributed by atoms with Crippen molar-refractivity contribution in [3.05, 3.63) is 39.7 Å². The van der Waals surface area contributed by atoms with Gasteiger partial charge >= 0.3 is 0 Å². The van der Waals surface area contributed by atoms with Crippen molar-refractivity contribution >= 4 is 28.9 Å². The van der Waals surface area contributed by atoms with Crippen LogP contribution < -0.4 is 16.0 Å². The van der Waals surface area contributed by atoms with E-state index in [9.17, 15) is 34.8 Å². The first kappa shape index (κ1) is 30.0. The van der Waals surface area contributed by atoms with Gasteiger partial charge in [-0.3, -0.25) is 19.3 Å². The molecule has 3 aliphatic carbocycles. The highest BCUT2D eigenvalue weighted by atomic mass is 16.3. The van der Waals surface area contributed by atoms with Crippen LogP contribution in [-0.2, 0) is 27.3 Å².